The third-order valence-corrected chi connectivity index (χ3v) is 5.96. The van der Waals surface area contributed by atoms with E-state index in [4.69, 9.17) is 9.47 Å². The first-order valence-corrected chi connectivity index (χ1v) is 10.4. The minimum Gasteiger partial charge on any atom is -0.508 e. The molecule has 3 heterocycles. The minimum absolute atomic E-state index is 0.0693. The van der Waals surface area contributed by atoms with E-state index in [1.54, 1.807) is 6.07 Å². The van der Waals surface area contributed by atoms with Crippen molar-refractivity contribution in [1.82, 2.24) is 4.40 Å². The Bertz CT molecular complexity index is 1070. The lowest BCUT2D eigenvalue weighted by Gasteiger charge is -2.25. The standard InChI is InChI=1S/C25H29NO4/c1-25(2,3)18-10-7-13-26-19(15-17(23(18)26)24(28)29-4)22(21-12-8-14-30-21)16-9-5-6-11-20(16)27/h5-7,9-11,13,15,21-22,27H,8,12,14H2,1-4H3. The van der Waals surface area contributed by atoms with E-state index in [0.717, 1.165) is 35.2 Å². The fraction of sp³-hybridized carbons (Fsp3) is 0.400. The summed E-state index contributed by atoms with van der Waals surface area (Å²) in [5.41, 5.74) is 4.03. The predicted octanol–water partition coefficient (Wildman–Crippen LogP) is 5.04. The number of hydrogen-bond donors (Lipinski definition) is 1. The van der Waals surface area contributed by atoms with Crippen LogP contribution in [0.3, 0.4) is 0 Å². The van der Waals surface area contributed by atoms with Crippen LogP contribution in [0, 0.1) is 0 Å². The molecular formula is C25H29NO4. The van der Waals surface area contributed by atoms with Gasteiger partial charge in [-0.25, -0.2) is 4.79 Å². The monoisotopic (exact) mass is 407 g/mol. The molecule has 1 aromatic carbocycles. The van der Waals surface area contributed by atoms with Gasteiger partial charge in [-0.2, -0.15) is 0 Å². The average Bonchev–Trinajstić information content (AvgIpc) is 3.37. The van der Waals surface area contributed by atoms with Crippen molar-refractivity contribution in [3.8, 4) is 5.75 Å². The summed E-state index contributed by atoms with van der Waals surface area (Å²) in [4.78, 5) is 12.8. The number of rotatable bonds is 4. The Kier molecular flexibility index (Phi) is 5.33. The number of phenolic OH excluding ortho intramolecular Hbond substituents is 1. The second-order valence-corrected chi connectivity index (χ2v) is 8.95. The van der Waals surface area contributed by atoms with Crippen molar-refractivity contribution in [2.45, 2.75) is 51.0 Å². The molecule has 1 saturated heterocycles. The van der Waals surface area contributed by atoms with Gasteiger partial charge in [-0.05, 0) is 42.0 Å². The smallest absolute Gasteiger partial charge is 0.340 e. The summed E-state index contributed by atoms with van der Waals surface area (Å²) in [6.07, 6.45) is 3.79. The highest BCUT2D eigenvalue weighted by molar-refractivity contribution is 5.99. The van der Waals surface area contributed by atoms with Crippen LogP contribution in [0.2, 0.25) is 0 Å². The third kappa shape index (κ3) is 3.47. The highest BCUT2D eigenvalue weighted by Gasteiger charge is 2.35. The fourth-order valence-corrected chi connectivity index (χ4v) is 4.56. The number of ether oxygens (including phenoxy) is 2. The number of carbonyl (C=O) groups is 1. The van der Waals surface area contributed by atoms with Gasteiger partial charge < -0.3 is 19.0 Å². The van der Waals surface area contributed by atoms with Gasteiger partial charge in [0.1, 0.15) is 5.75 Å². The summed E-state index contributed by atoms with van der Waals surface area (Å²) in [5.74, 6) is -0.326. The van der Waals surface area contributed by atoms with Crippen LogP contribution >= 0.6 is 0 Å². The molecule has 1 aliphatic heterocycles. The van der Waals surface area contributed by atoms with E-state index in [2.05, 4.69) is 31.2 Å². The number of fused-ring (bicyclic) bond motifs is 1. The van der Waals surface area contributed by atoms with E-state index in [9.17, 15) is 9.90 Å². The van der Waals surface area contributed by atoms with Gasteiger partial charge in [-0.1, -0.05) is 45.0 Å². The second-order valence-electron chi connectivity index (χ2n) is 8.95. The lowest BCUT2D eigenvalue weighted by Crippen LogP contribution is -2.21. The summed E-state index contributed by atoms with van der Waals surface area (Å²) in [7, 11) is 1.41. The van der Waals surface area contributed by atoms with Crippen molar-refractivity contribution in [2.75, 3.05) is 13.7 Å². The van der Waals surface area contributed by atoms with Gasteiger partial charge >= 0.3 is 5.97 Å². The van der Waals surface area contributed by atoms with E-state index < -0.39 is 0 Å². The molecular weight excluding hydrogens is 378 g/mol. The van der Waals surface area contributed by atoms with Crippen LogP contribution in [-0.2, 0) is 14.9 Å². The highest BCUT2D eigenvalue weighted by Crippen LogP contribution is 2.41. The molecule has 0 aliphatic carbocycles. The Hall–Kier alpha value is -2.79. The van der Waals surface area contributed by atoms with Crippen LogP contribution in [0.4, 0.5) is 0 Å². The Morgan fingerprint density at radius 3 is 2.63 bits per heavy atom. The number of phenols is 1. The summed E-state index contributed by atoms with van der Waals surface area (Å²) in [5, 5.41) is 10.7. The molecule has 30 heavy (non-hydrogen) atoms. The molecule has 2 unspecified atom stereocenters. The molecule has 3 aromatic rings. The second kappa shape index (κ2) is 7.80. The summed E-state index contributed by atoms with van der Waals surface area (Å²) < 4.78 is 13.3. The third-order valence-electron chi connectivity index (χ3n) is 5.96. The first-order chi connectivity index (χ1) is 14.3. The molecule has 5 heteroatoms. The number of nitrogens with zero attached hydrogens (tertiary/aromatic N) is 1. The van der Waals surface area contributed by atoms with Gasteiger partial charge in [0, 0.05) is 24.1 Å². The fourth-order valence-electron chi connectivity index (χ4n) is 4.56. The predicted molar refractivity (Wildman–Crippen MR) is 116 cm³/mol. The molecule has 4 rings (SSSR count). The van der Waals surface area contributed by atoms with Gasteiger partial charge in [-0.15, -0.1) is 0 Å². The van der Waals surface area contributed by atoms with Crippen molar-refractivity contribution >= 4 is 11.5 Å². The molecule has 0 amide bonds. The van der Waals surface area contributed by atoms with Crippen LogP contribution in [0.15, 0.2) is 48.7 Å². The Morgan fingerprint density at radius 2 is 2.00 bits per heavy atom. The molecule has 2 atom stereocenters. The van der Waals surface area contributed by atoms with Crippen LogP contribution in [0.1, 0.15) is 66.7 Å². The number of pyridine rings is 1. The van der Waals surface area contributed by atoms with Gasteiger partial charge in [0.2, 0.25) is 0 Å². The maximum Gasteiger partial charge on any atom is 0.340 e. The first-order valence-electron chi connectivity index (χ1n) is 10.4. The van der Waals surface area contributed by atoms with Crippen molar-refractivity contribution in [2.24, 2.45) is 0 Å². The van der Waals surface area contributed by atoms with Crippen LogP contribution in [0.25, 0.3) is 5.52 Å². The van der Waals surface area contributed by atoms with E-state index in [-0.39, 0.29) is 29.2 Å². The van der Waals surface area contributed by atoms with Gasteiger partial charge in [0.25, 0.3) is 0 Å². The molecule has 5 nitrogen and oxygen atoms in total. The number of benzene rings is 1. The molecule has 0 saturated carbocycles. The van der Waals surface area contributed by atoms with Crippen LogP contribution in [0.5, 0.6) is 5.75 Å². The highest BCUT2D eigenvalue weighted by atomic mass is 16.5. The SMILES string of the molecule is COC(=O)c1cc(C(c2ccccc2O)C2CCCO2)n2cccc(C(C)(C)C)c12. The number of aromatic hydroxyl groups is 1. The molecule has 2 aromatic heterocycles. The van der Waals surface area contributed by atoms with E-state index in [1.165, 1.54) is 7.11 Å². The number of methoxy groups -OCH3 is 1. The van der Waals surface area contributed by atoms with Crippen molar-refractivity contribution < 1.29 is 19.4 Å². The summed E-state index contributed by atoms with van der Waals surface area (Å²) in [6, 6.07) is 13.4. The van der Waals surface area contributed by atoms with Crippen LogP contribution < -0.4 is 0 Å². The quantitative estimate of drug-likeness (QED) is 0.616. The van der Waals surface area contributed by atoms with E-state index in [1.807, 2.05) is 36.5 Å². The van der Waals surface area contributed by atoms with Crippen molar-refractivity contribution in [3.05, 3.63) is 71.0 Å². The van der Waals surface area contributed by atoms with Crippen molar-refractivity contribution in [3.63, 3.8) is 0 Å². The Morgan fingerprint density at radius 1 is 1.23 bits per heavy atom. The zero-order valence-electron chi connectivity index (χ0n) is 18.0. The van der Waals surface area contributed by atoms with E-state index >= 15 is 0 Å². The van der Waals surface area contributed by atoms with Gasteiger partial charge in [0.05, 0.1) is 30.2 Å². The van der Waals surface area contributed by atoms with E-state index in [0.29, 0.717) is 12.2 Å². The number of para-hydroxylation sites is 1. The lowest BCUT2D eigenvalue weighted by molar-refractivity contribution is 0.0602. The molecule has 158 valence electrons. The average molecular weight is 408 g/mol. The lowest BCUT2D eigenvalue weighted by atomic mass is 9.86. The number of hydrogen-bond acceptors (Lipinski definition) is 4. The first kappa shape index (κ1) is 20.5. The molecule has 0 radical (unpaired) electrons. The number of aromatic nitrogens is 1. The maximum absolute atomic E-state index is 12.8. The molecule has 1 N–H and O–H groups in total. The zero-order chi connectivity index (χ0) is 21.5. The summed E-state index contributed by atoms with van der Waals surface area (Å²) >= 11 is 0. The molecule has 0 bridgehead atoms. The van der Waals surface area contributed by atoms with Gasteiger partial charge in [0.15, 0.2) is 0 Å². The number of carbonyl (C=O) groups excluding carboxylic acids is 1. The van der Waals surface area contributed by atoms with Crippen LogP contribution in [-0.4, -0.2) is 35.3 Å². The zero-order valence-corrected chi connectivity index (χ0v) is 18.0. The molecule has 1 aliphatic rings. The maximum atomic E-state index is 12.8. The number of esters is 1. The topological polar surface area (TPSA) is 60.2 Å². The van der Waals surface area contributed by atoms with Crippen molar-refractivity contribution in [1.29, 1.82) is 0 Å². The largest absolute Gasteiger partial charge is 0.508 e. The van der Waals surface area contributed by atoms with Gasteiger partial charge in [-0.3, -0.25) is 0 Å². The molecule has 0 spiro atoms. The minimum atomic E-state index is -0.362. The Balaban J connectivity index is 2.03. The normalized spacial score (nSPS) is 17.9. The Labute approximate surface area is 177 Å². The summed E-state index contributed by atoms with van der Waals surface area (Å²) in [6.45, 7) is 7.11. The molecule has 1 fully saturated rings.